The summed E-state index contributed by atoms with van der Waals surface area (Å²) in [7, 11) is 1.81. The van der Waals surface area contributed by atoms with Gasteiger partial charge >= 0.3 is 0 Å². The van der Waals surface area contributed by atoms with E-state index in [1.54, 1.807) is 5.56 Å². The molecule has 0 amide bonds. The van der Waals surface area contributed by atoms with E-state index >= 15 is 0 Å². The van der Waals surface area contributed by atoms with Crippen LogP contribution in [0.3, 0.4) is 0 Å². The Morgan fingerprint density at radius 2 is 1.48 bits per heavy atom. The zero-order valence-electron chi connectivity index (χ0n) is 17.7. The van der Waals surface area contributed by atoms with E-state index in [9.17, 15) is 0 Å². The lowest BCUT2D eigenvalue weighted by molar-refractivity contribution is 0.100. The third kappa shape index (κ3) is 5.70. The van der Waals surface area contributed by atoms with Crippen LogP contribution in [0.25, 0.3) is 0 Å². The molecule has 1 nitrogen and oxygen atoms in total. The Balaban J connectivity index is 1.40. The normalized spacial score (nSPS) is 30.0. The molecule has 3 rings (SSSR count). The summed E-state index contributed by atoms with van der Waals surface area (Å²) in [5.74, 6) is 3.56. The molecule has 0 aromatic heterocycles. The highest BCUT2D eigenvalue weighted by Gasteiger charge is 2.25. The maximum absolute atomic E-state index is 5.57. The fourth-order valence-electron chi connectivity index (χ4n) is 5.49. The van der Waals surface area contributed by atoms with E-state index in [2.05, 4.69) is 43.8 Å². The lowest BCUT2D eigenvalue weighted by atomic mass is 9.74. The summed E-state index contributed by atoms with van der Waals surface area (Å²) in [6.07, 6.45) is 17.7. The predicted molar refractivity (Wildman–Crippen MR) is 116 cm³/mol. The van der Waals surface area contributed by atoms with Gasteiger partial charge in [0.25, 0.3) is 0 Å². The number of methoxy groups -OCH3 is 1. The SMILES string of the molecule is C=CC1CCC(CCC2CCC(c3ccc(C(CC)OC)cc3)CC2)CC1. The van der Waals surface area contributed by atoms with Crippen LogP contribution in [0.15, 0.2) is 36.9 Å². The van der Waals surface area contributed by atoms with Gasteiger partial charge in [-0.1, -0.05) is 50.1 Å². The average molecular weight is 369 g/mol. The molecule has 0 heterocycles. The molecule has 0 N–H and O–H groups in total. The molecule has 0 radical (unpaired) electrons. The Bertz CT molecular complexity index is 540. The largest absolute Gasteiger partial charge is 0.377 e. The fraction of sp³-hybridized carbons (Fsp3) is 0.692. The summed E-state index contributed by atoms with van der Waals surface area (Å²) in [6.45, 7) is 6.17. The second-order valence-electron chi connectivity index (χ2n) is 9.11. The maximum atomic E-state index is 5.57. The van der Waals surface area contributed by atoms with Crippen LogP contribution in [0.2, 0.25) is 0 Å². The van der Waals surface area contributed by atoms with E-state index in [4.69, 9.17) is 4.74 Å². The molecule has 1 heteroatoms. The highest BCUT2D eigenvalue weighted by molar-refractivity contribution is 5.27. The van der Waals surface area contributed by atoms with Crippen LogP contribution in [-0.2, 0) is 4.74 Å². The number of allylic oxidation sites excluding steroid dienone is 1. The molecule has 2 fully saturated rings. The summed E-state index contributed by atoms with van der Waals surface area (Å²) in [5, 5.41) is 0. The van der Waals surface area contributed by atoms with Gasteiger partial charge in [-0.25, -0.2) is 0 Å². The monoisotopic (exact) mass is 368 g/mol. The molecular weight excluding hydrogens is 328 g/mol. The van der Waals surface area contributed by atoms with Crippen LogP contribution in [0, 0.1) is 17.8 Å². The smallest absolute Gasteiger partial charge is 0.0818 e. The van der Waals surface area contributed by atoms with Gasteiger partial charge in [0.15, 0.2) is 0 Å². The quantitative estimate of drug-likeness (QED) is 0.425. The molecule has 0 bridgehead atoms. The van der Waals surface area contributed by atoms with Crippen molar-refractivity contribution in [2.45, 2.75) is 89.6 Å². The predicted octanol–water partition coefficient (Wildman–Crippen LogP) is 7.83. The van der Waals surface area contributed by atoms with Crippen LogP contribution in [-0.4, -0.2) is 7.11 Å². The molecule has 0 spiro atoms. The topological polar surface area (TPSA) is 9.23 Å². The van der Waals surface area contributed by atoms with Gasteiger partial charge in [0.05, 0.1) is 6.10 Å². The Kier molecular flexibility index (Phi) is 8.00. The zero-order valence-corrected chi connectivity index (χ0v) is 17.7. The summed E-state index contributed by atoms with van der Waals surface area (Å²) in [6, 6.07) is 9.30. The van der Waals surface area contributed by atoms with E-state index in [-0.39, 0.29) is 6.10 Å². The number of hydrogen-bond donors (Lipinski definition) is 0. The molecule has 2 aliphatic carbocycles. The highest BCUT2D eigenvalue weighted by Crippen LogP contribution is 2.40. The van der Waals surface area contributed by atoms with Crippen molar-refractivity contribution in [3.05, 3.63) is 48.0 Å². The van der Waals surface area contributed by atoms with Crippen LogP contribution >= 0.6 is 0 Å². The first-order valence-electron chi connectivity index (χ1n) is 11.5. The molecular formula is C26H40O. The molecule has 0 saturated heterocycles. The first-order valence-corrected chi connectivity index (χ1v) is 11.5. The van der Waals surface area contributed by atoms with Crippen molar-refractivity contribution >= 4 is 0 Å². The van der Waals surface area contributed by atoms with Gasteiger partial charge < -0.3 is 4.74 Å². The van der Waals surface area contributed by atoms with Gasteiger partial charge in [-0.3, -0.25) is 0 Å². The van der Waals surface area contributed by atoms with Gasteiger partial charge in [-0.05, 0) is 92.6 Å². The van der Waals surface area contributed by atoms with Crippen LogP contribution in [0.5, 0.6) is 0 Å². The average Bonchev–Trinajstić information content (AvgIpc) is 2.74. The van der Waals surface area contributed by atoms with Gasteiger partial charge in [0, 0.05) is 7.11 Å². The second-order valence-corrected chi connectivity index (χ2v) is 9.11. The number of benzene rings is 1. The van der Waals surface area contributed by atoms with Crippen molar-refractivity contribution in [1.29, 1.82) is 0 Å². The third-order valence-corrected chi connectivity index (χ3v) is 7.49. The summed E-state index contributed by atoms with van der Waals surface area (Å²) >= 11 is 0. The van der Waals surface area contributed by atoms with E-state index in [0.717, 1.165) is 30.1 Å². The summed E-state index contributed by atoms with van der Waals surface area (Å²) in [5.41, 5.74) is 2.87. The molecule has 1 atom stereocenters. The molecule has 0 aliphatic heterocycles. The minimum atomic E-state index is 0.247. The van der Waals surface area contributed by atoms with Crippen molar-refractivity contribution in [2.24, 2.45) is 17.8 Å². The number of ether oxygens (including phenoxy) is 1. The molecule has 1 aromatic carbocycles. The standard InChI is InChI=1S/C26H40O/c1-4-20-6-8-21(9-7-20)10-11-22-12-14-23(15-13-22)24-16-18-25(19-17-24)26(5-2)27-3/h4,16-23,26H,1,5-15H2,2-3H3. The Morgan fingerprint density at radius 3 is 1.96 bits per heavy atom. The van der Waals surface area contributed by atoms with Crippen molar-refractivity contribution in [3.8, 4) is 0 Å². The van der Waals surface area contributed by atoms with Gasteiger partial charge in [-0.15, -0.1) is 6.58 Å². The summed E-state index contributed by atoms with van der Waals surface area (Å²) in [4.78, 5) is 0. The third-order valence-electron chi connectivity index (χ3n) is 7.49. The lowest BCUT2D eigenvalue weighted by Gasteiger charge is -2.31. The second kappa shape index (κ2) is 10.5. The number of hydrogen-bond acceptors (Lipinski definition) is 1. The first kappa shape index (κ1) is 20.6. The van der Waals surface area contributed by atoms with E-state index in [1.807, 2.05) is 7.11 Å². The molecule has 150 valence electrons. The molecule has 27 heavy (non-hydrogen) atoms. The fourth-order valence-corrected chi connectivity index (χ4v) is 5.49. The van der Waals surface area contributed by atoms with E-state index in [0.29, 0.717) is 0 Å². The maximum Gasteiger partial charge on any atom is 0.0818 e. The van der Waals surface area contributed by atoms with Crippen molar-refractivity contribution < 1.29 is 4.74 Å². The van der Waals surface area contributed by atoms with Crippen molar-refractivity contribution in [1.82, 2.24) is 0 Å². The highest BCUT2D eigenvalue weighted by atomic mass is 16.5. The minimum absolute atomic E-state index is 0.247. The van der Waals surface area contributed by atoms with Crippen LogP contribution in [0.4, 0.5) is 0 Å². The Morgan fingerprint density at radius 1 is 0.926 bits per heavy atom. The van der Waals surface area contributed by atoms with E-state index in [1.165, 1.54) is 69.8 Å². The molecule has 1 aromatic rings. The molecule has 1 unspecified atom stereocenters. The van der Waals surface area contributed by atoms with E-state index < -0.39 is 0 Å². The van der Waals surface area contributed by atoms with Crippen LogP contribution < -0.4 is 0 Å². The lowest BCUT2D eigenvalue weighted by Crippen LogP contribution is -2.17. The van der Waals surface area contributed by atoms with Gasteiger partial charge in [0.1, 0.15) is 0 Å². The first-order chi connectivity index (χ1) is 13.2. The Labute approximate surface area is 167 Å². The molecule has 2 saturated carbocycles. The zero-order chi connectivity index (χ0) is 19.1. The van der Waals surface area contributed by atoms with Gasteiger partial charge in [-0.2, -0.15) is 0 Å². The summed E-state index contributed by atoms with van der Waals surface area (Å²) < 4.78 is 5.57. The minimum Gasteiger partial charge on any atom is -0.377 e. The van der Waals surface area contributed by atoms with Gasteiger partial charge in [0.2, 0.25) is 0 Å². The van der Waals surface area contributed by atoms with Crippen molar-refractivity contribution in [2.75, 3.05) is 7.11 Å². The molecule has 2 aliphatic rings. The number of rotatable bonds is 8. The Hall–Kier alpha value is -1.08. The van der Waals surface area contributed by atoms with Crippen molar-refractivity contribution in [3.63, 3.8) is 0 Å². The van der Waals surface area contributed by atoms with Crippen LogP contribution in [0.1, 0.15) is 101 Å².